The molecule has 0 radical (unpaired) electrons. The van der Waals surface area contributed by atoms with Crippen LogP contribution < -0.4 is 0 Å². The zero-order valence-corrected chi connectivity index (χ0v) is 27.0. The van der Waals surface area contributed by atoms with E-state index in [1.807, 2.05) is 30.4 Å². The van der Waals surface area contributed by atoms with Gasteiger partial charge in [0.2, 0.25) is 0 Å². The number of esters is 1. The zero-order valence-electron chi connectivity index (χ0n) is 26.2. The number of alkyl halides is 1. The van der Waals surface area contributed by atoms with Crippen molar-refractivity contribution in [1.82, 2.24) is 0 Å². The van der Waals surface area contributed by atoms with Crippen molar-refractivity contribution >= 4 is 17.6 Å². The minimum atomic E-state index is -1.22. The highest BCUT2D eigenvalue weighted by Gasteiger charge is 2.43. The maximum atomic E-state index is 12.7. The highest BCUT2D eigenvalue weighted by Crippen LogP contribution is 2.30. The number of allylic oxidation sites excluding steroid dienone is 10. The lowest BCUT2D eigenvalue weighted by Crippen LogP contribution is -2.54. The molecule has 3 aliphatic rings. The van der Waals surface area contributed by atoms with E-state index in [0.717, 1.165) is 12.8 Å². The smallest absolute Gasteiger partial charge is 0.306 e. The van der Waals surface area contributed by atoms with Gasteiger partial charge < -0.3 is 44.1 Å². The first-order valence-corrected chi connectivity index (χ1v) is 16.2. The number of ether oxygens (including phenoxy) is 5. The Hall–Kier alpha value is -2.12. The molecule has 12 atom stereocenters. The van der Waals surface area contributed by atoms with Crippen LogP contribution >= 0.6 is 11.6 Å². The third kappa shape index (κ3) is 12.5. The van der Waals surface area contributed by atoms with Gasteiger partial charge in [-0.25, -0.2) is 0 Å². The average molecular weight is 653 g/mol. The molecule has 0 aromatic carbocycles. The molecule has 2 fully saturated rings. The van der Waals surface area contributed by atoms with Crippen molar-refractivity contribution in [3.05, 3.63) is 72.9 Å². The van der Waals surface area contributed by atoms with Crippen molar-refractivity contribution in [3.63, 3.8) is 0 Å². The van der Waals surface area contributed by atoms with Crippen molar-refractivity contribution in [2.24, 2.45) is 0 Å². The fourth-order valence-corrected chi connectivity index (χ4v) is 5.31. The zero-order chi connectivity index (χ0) is 32.8. The summed E-state index contributed by atoms with van der Waals surface area (Å²) in [6, 6.07) is 0. The summed E-state index contributed by atoms with van der Waals surface area (Å²) >= 11 is 6.29. The highest BCUT2D eigenvalue weighted by molar-refractivity contribution is 6.21. The van der Waals surface area contributed by atoms with Crippen molar-refractivity contribution in [1.29, 1.82) is 0 Å². The van der Waals surface area contributed by atoms with Gasteiger partial charge in [-0.2, -0.15) is 0 Å². The molecule has 45 heavy (non-hydrogen) atoms. The van der Waals surface area contributed by atoms with E-state index in [1.54, 1.807) is 38.2 Å². The van der Waals surface area contributed by atoms with Crippen LogP contribution in [0.15, 0.2) is 72.9 Å². The first-order valence-electron chi connectivity index (χ1n) is 15.8. The number of cyclic esters (lactones) is 1. The number of halogens is 1. The molecule has 0 spiro atoms. The Morgan fingerprint density at radius 2 is 1.53 bits per heavy atom. The third-order valence-electron chi connectivity index (χ3n) is 7.70. The van der Waals surface area contributed by atoms with Crippen molar-refractivity contribution in [3.8, 4) is 0 Å². The summed E-state index contributed by atoms with van der Waals surface area (Å²) in [6.07, 6.45) is 14.1. The summed E-state index contributed by atoms with van der Waals surface area (Å²) in [6.45, 7) is 5.38. The average Bonchev–Trinajstić information content (AvgIpc) is 3.00. The van der Waals surface area contributed by atoms with E-state index in [1.165, 1.54) is 6.08 Å². The van der Waals surface area contributed by atoms with E-state index in [9.17, 15) is 25.2 Å². The van der Waals surface area contributed by atoms with Crippen LogP contribution in [-0.4, -0.2) is 99.3 Å². The maximum Gasteiger partial charge on any atom is 0.306 e. The molecular weight excluding hydrogens is 604 g/mol. The molecule has 0 aromatic rings. The van der Waals surface area contributed by atoms with Gasteiger partial charge in [-0.1, -0.05) is 73.8 Å². The highest BCUT2D eigenvalue weighted by atomic mass is 35.5. The van der Waals surface area contributed by atoms with E-state index < -0.39 is 78.9 Å². The van der Waals surface area contributed by atoms with Crippen LogP contribution in [0.2, 0.25) is 0 Å². The second-order valence-electron chi connectivity index (χ2n) is 11.4. The van der Waals surface area contributed by atoms with Crippen LogP contribution in [0.25, 0.3) is 0 Å². The van der Waals surface area contributed by atoms with Crippen LogP contribution in [0.1, 0.15) is 59.3 Å². The second-order valence-corrected chi connectivity index (χ2v) is 12.0. The summed E-state index contributed by atoms with van der Waals surface area (Å²) in [5.74, 6) is -0.489. The van der Waals surface area contributed by atoms with Gasteiger partial charge in [0.05, 0.1) is 29.8 Å². The maximum absolute atomic E-state index is 12.7. The molecule has 2 saturated heterocycles. The number of rotatable bonds is 11. The number of aliphatic hydroxyl groups is 4. The summed E-state index contributed by atoms with van der Waals surface area (Å²) < 4.78 is 29.6. The molecule has 0 saturated carbocycles. The number of aliphatic hydroxyl groups excluding tert-OH is 4. The van der Waals surface area contributed by atoms with Gasteiger partial charge in [0.25, 0.3) is 0 Å². The first-order chi connectivity index (χ1) is 21.6. The number of carbonyl (C=O) groups excluding carboxylic acids is 1. The molecule has 0 aliphatic carbocycles. The van der Waals surface area contributed by atoms with Crippen molar-refractivity contribution < 1.29 is 48.9 Å². The largest absolute Gasteiger partial charge is 0.455 e. The van der Waals surface area contributed by atoms with Crippen molar-refractivity contribution in [2.45, 2.75) is 132 Å². The molecule has 3 heterocycles. The predicted octanol–water partition coefficient (Wildman–Crippen LogP) is 3.92. The SMILES string of the molecule is CCC=CCC=CC=CC=CC=CC1OC(=O)CCC(Cl)C=CC(O)C1OC1CC(OC2CC(O)C(O)C(C)O2)C(O)C(C)O1. The molecule has 252 valence electrons. The van der Waals surface area contributed by atoms with Crippen LogP contribution in [-0.2, 0) is 28.5 Å². The molecule has 12 unspecified atom stereocenters. The van der Waals surface area contributed by atoms with E-state index in [4.69, 9.17) is 35.3 Å². The van der Waals surface area contributed by atoms with Gasteiger partial charge in [0, 0.05) is 19.3 Å². The van der Waals surface area contributed by atoms with Gasteiger partial charge >= 0.3 is 5.97 Å². The molecule has 4 N–H and O–H groups in total. The van der Waals surface area contributed by atoms with E-state index >= 15 is 0 Å². The quantitative estimate of drug-likeness (QED) is 0.112. The standard InChI is InChI=1S/C34H49ClO10/c1-4-5-6-7-8-9-10-11-12-13-14-15-27-34(25(36)18-16-24(35)17-19-29(38)43-27)45-31-21-28(33(40)23(3)42-31)44-30-20-26(37)32(39)22(2)41-30/h5-6,8-16,18,22-28,30-34,36-37,39-40H,4,7,17,19-21H2,1-3H3. The van der Waals surface area contributed by atoms with Gasteiger partial charge in [-0.15, -0.1) is 11.6 Å². The van der Waals surface area contributed by atoms with Crippen LogP contribution in [0.5, 0.6) is 0 Å². The minimum Gasteiger partial charge on any atom is -0.455 e. The Labute approximate surface area is 271 Å². The van der Waals surface area contributed by atoms with Gasteiger partial charge in [-0.05, 0) is 39.2 Å². The number of hydrogen-bond acceptors (Lipinski definition) is 10. The van der Waals surface area contributed by atoms with E-state index in [0.29, 0.717) is 6.42 Å². The lowest BCUT2D eigenvalue weighted by atomic mass is 10.00. The van der Waals surface area contributed by atoms with Gasteiger partial charge in [0.1, 0.15) is 30.5 Å². The number of carbonyl (C=O) groups is 1. The van der Waals surface area contributed by atoms with Gasteiger partial charge in [0.15, 0.2) is 12.6 Å². The Morgan fingerprint density at radius 3 is 2.24 bits per heavy atom. The van der Waals surface area contributed by atoms with E-state index in [-0.39, 0.29) is 19.3 Å². The molecule has 11 heteroatoms. The monoisotopic (exact) mass is 652 g/mol. The minimum absolute atomic E-state index is 0.0271. The Bertz CT molecular complexity index is 1060. The van der Waals surface area contributed by atoms with Crippen LogP contribution in [0.3, 0.4) is 0 Å². The Balaban J connectivity index is 1.73. The third-order valence-corrected chi connectivity index (χ3v) is 8.06. The second kappa shape index (κ2) is 19.5. The summed E-state index contributed by atoms with van der Waals surface area (Å²) in [5, 5.41) is 41.7. The molecule has 10 nitrogen and oxygen atoms in total. The molecule has 0 bridgehead atoms. The Morgan fingerprint density at radius 1 is 0.867 bits per heavy atom. The lowest BCUT2D eigenvalue weighted by molar-refractivity contribution is -0.316. The summed E-state index contributed by atoms with van der Waals surface area (Å²) in [5.41, 5.74) is 0. The Kier molecular flexibility index (Phi) is 16.2. The van der Waals surface area contributed by atoms with Crippen LogP contribution in [0.4, 0.5) is 0 Å². The summed E-state index contributed by atoms with van der Waals surface area (Å²) in [4.78, 5) is 12.7. The normalized spacial score (nSPS) is 39.1. The fraction of sp³-hybridized carbons (Fsp3) is 0.618. The predicted molar refractivity (Wildman–Crippen MR) is 170 cm³/mol. The first kappa shape index (κ1) is 37.3. The topological polar surface area (TPSA) is 144 Å². The molecule has 3 aliphatic heterocycles. The molecule has 0 amide bonds. The number of hydrogen-bond donors (Lipinski definition) is 4. The van der Waals surface area contributed by atoms with Crippen molar-refractivity contribution in [2.75, 3.05) is 0 Å². The van der Waals surface area contributed by atoms with Crippen LogP contribution in [0, 0.1) is 0 Å². The molecule has 0 aromatic heterocycles. The molecular formula is C34H49ClO10. The van der Waals surface area contributed by atoms with Gasteiger partial charge in [-0.3, -0.25) is 4.79 Å². The lowest BCUT2D eigenvalue weighted by Gasteiger charge is -2.43. The molecule has 3 rings (SSSR count). The fourth-order valence-electron chi connectivity index (χ4n) is 5.12. The van der Waals surface area contributed by atoms with E-state index in [2.05, 4.69) is 19.1 Å². The summed E-state index contributed by atoms with van der Waals surface area (Å²) in [7, 11) is 0.